The number of hydrogen-bond acceptors (Lipinski definition) is 4. The number of nitrogens with zero attached hydrogens (tertiary/aromatic N) is 3. The lowest BCUT2D eigenvalue weighted by atomic mass is 10.1. The third-order valence-corrected chi connectivity index (χ3v) is 5.40. The highest BCUT2D eigenvalue weighted by Crippen LogP contribution is 2.27. The monoisotopic (exact) mass is 336 g/mol. The Morgan fingerprint density at radius 2 is 1.56 bits per heavy atom. The molecule has 132 valence electrons. The maximum absolute atomic E-state index is 4.87. The van der Waals surface area contributed by atoms with Gasteiger partial charge in [0.25, 0.3) is 0 Å². The topological polar surface area (TPSA) is 41.1 Å². The van der Waals surface area contributed by atoms with Gasteiger partial charge in [0.15, 0.2) is 0 Å². The fourth-order valence-electron chi connectivity index (χ4n) is 3.97. The van der Waals surface area contributed by atoms with E-state index in [1.807, 2.05) is 0 Å². The first-order chi connectivity index (χ1) is 12.4. The van der Waals surface area contributed by atoms with Crippen molar-refractivity contribution >= 4 is 11.8 Å². The van der Waals surface area contributed by atoms with Crippen molar-refractivity contribution in [2.24, 2.45) is 0 Å². The molecule has 4 nitrogen and oxygen atoms in total. The minimum atomic E-state index is 0.514. The molecule has 1 saturated carbocycles. The number of nitrogens with one attached hydrogen (secondary N) is 1. The van der Waals surface area contributed by atoms with E-state index in [1.165, 1.54) is 51.4 Å². The van der Waals surface area contributed by atoms with Gasteiger partial charge in [-0.1, -0.05) is 56.0 Å². The Hall–Kier alpha value is -2.10. The summed E-state index contributed by atoms with van der Waals surface area (Å²) in [6.07, 6.45) is 10.3. The summed E-state index contributed by atoms with van der Waals surface area (Å²) in [7, 11) is 0. The van der Waals surface area contributed by atoms with Crippen LogP contribution in [0.1, 0.15) is 51.4 Å². The number of anilines is 2. The Kier molecular flexibility index (Phi) is 5.14. The smallest absolute Gasteiger partial charge is 0.225 e. The Morgan fingerprint density at radius 3 is 2.28 bits per heavy atom. The van der Waals surface area contributed by atoms with Crippen LogP contribution in [0.5, 0.6) is 0 Å². The Bertz CT molecular complexity index is 672. The molecular formula is C21H28N4. The van der Waals surface area contributed by atoms with Crippen LogP contribution in [0.4, 0.5) is 11.8 Å². The molecule has 1 aliphatic carbocycles. The van der Waals surface area contributed by atoms with Gasteiger partial charge in [-0.25, -0.2) is 4.98 Å². The fraction of sp³-hybridized carbons (Fsp3) is 0.524. The van der Waals surface area contributed by atoms with Crippen molar-refractivity contribution in [1.82, 2.24) is 9.97 Å². The lowest BCUT2D eigenvalue weighted by Crippen LogP contribution is -2.23. The van der Waals surface area contributed by atoms with E-state index in [9.17, 15) is 0 Å². The zero-order chi connectivity index (χ0) is 16.9. The first-order valence-electron chi connectivity index (χ1n) is 9.84. The zero-order valence-electron chi connectivity index (χ0n) is 15.0. The average molecular weight is 336 g/mol. The van der Waals surface area contributed by atoms with Gasteiger partial charge in [-0.2, -0.15) is 4.98 Å². The predicted molar refractivity (Wildman–Crippen MR) is 104 cm³/mol. The van der Waals surface area contributed by atoms with Crippen molar-refractivity contribution in [2.75, 3.05) is 23.3 Å². The van der Waals surface area contributed by atoms with Gasteiger partial charge < -0.3 is 10.2 Å². The van der Waals surface area contributed by atoms with Gasteiger partial charge in [0.1, 0.15) is 5.82 Å². The van der Waals surface area contributed by atoms with Crippen LogP contribution in [0.2, 0.25) is 0 Å². The van der Waals surface area contributed by atoms with E-state index in [1.54, 1.807) is 0 Å². The highest BCUT2D eigenvalue weighted by atomic mass is 15.2. The second-order valence-corrected chi connectivity index (χ2v) is 7.33. The van der Waals surface area contributed by atoms with Gasteiger partial charge in [-0.15, -0.1) is 0 Å². The van der Waals surface area contributed by atoms with Gasteiger partial charge in [-0.3, -0.25) is 0 Å². The lowest BCUT2D eigenvalue weighted by molar-refractivity contribution is 0.615. The van der Waals surface area contributed by atoms with Gasteiger partial charge in [0.05, 0.1) is 5.69 Å². The van der Waals surface area contributed by atoms with E-state index in [0.717, 1.165) is 36.1 Å². The highest BCUT2D eigenvalue weighted by Gasteiger charge is 2.18. The van der Waals surface area contributed by atoms with Crippen LogP contribution >= 0.6 is 0 Å². The third-order valence-electron chi connectivity index (χ3n) is 5.40. The second-order valence-electron chi connectivity index (χ2n) is 7.33. The molecule has 1 aromatic carbocycles. The first kappa shape index (κ1) is 16.4. The van der Waals surface area contributed by atoms with E-state index in [0.29, 0.717) is 6.04 Å². The van der Waals surface area contributed by atoms with Gasteiger partial charge in [-0.05, 0) is 25.7 Å². The maximum atomic E-state index is 4.87. The molecule has 1 aromatic heterocycles. The molecule has 2 heterocycles. The summed E-state index contributed by atoms with van der Waals surface area (Å²) >= 11 is 0. The van der Waals surface area contributed by atoms with Gasteiger partial charge >= 0.3 is 0 Å². The Morgan fingerprint density at radius 1 is 0.840 bits per heavy atom. The van der Waals surface area contributed by atoms with Crippen molar-refractivity contribution < 1.29 is 0 Å². The molecule has 25 heavy (non-hydrogen) atoms. The molecule has 1 aliphatic heterocycles. The SMILES string of the molecule is c1ccc(-c2cc(N3CCCC3)nc(NC3CCCCCC3)n2)cc1. The molecule has 1 saturated heterocycles. The van der Waals surface area contributed by atoms with E-state index < -0.39 is 0 Å². The molecule has 2 fully saturated rings. The Labute approximate surface area is 150 Å². The van der Waals surface area contributed by atoms with E-state index in [4.69, 9.17) is 9.97 Å². The zero-order valence-corrected chi connectivity index (χ0v) is 15.0. The molecule has 0 atom stereocenters. The van der Waals surface area contributed by atoms with E-state index in [-0.39, 0.29) is 0 Å². The van der Waals surface area contributed by atoms with Crippen LogP contribution < -0.4 is 10.2 Å². The van der Waals surface area contributed by atoms with Crippen LogP contribution in [0.25, 0.3) is 11.3 Å². The molecule has 2 aliphatic rings. The summed E-state index contributed by atoms with van der Waals surface area (Å²) in [5, 5.41) is 3.65. The predicted octanol–water partition coefficient (Wildman–Crippen LogP) is 4.88. The minimum absolute atomic E-state index is 0.514. The molecule has 0 amide bonds. The molecule has 2 aromatic rings. The largest absolute Gasteiger partial charge is 0.356 e. The van der Waals surface area contributed by atoms with Crippen molar-refractivity contribution in [3.05, 3.63) is 36.4 Å². The summed E-state index contributed by atoms with van der Waals surface area (Å²) in [6, 6.07) is 13.1. The van der Waals surface area contributed by atoms with Crippen molar-refractivity contribution in [2.45, 2.75) is 57.4 Å². The van der Waals surface area contributed by atoms with Crippen molar-refractivity contribution in [3.8, 4) is 11.3 Å². The quantitative estimate of drug-likeness (QED) is 0.808. The van der Waals surface area contributed by atoms with Gasteiger partial charge in [0, 0.05) is 30.8 Å². The molecular weight excluding hydrogens is 308 g/mol. The van der Waals surface area contributed by atoms with Crippen LogP contribution in [0, 0.1) is 0 Å². The Balaban J connectivity index is 1.63. The average Bonchev–Trinajstić information content (AvgIpc) is 3.08. The molecule has 0 spiro atoms. The number of benzene rings is 1. The number of aromatic nitrogens is 2. The first-order valence-corrected chi connectivity index (χ1v) is 9.84. The molecule has 4 rings (SSSR count). The summed E-state index contributed by atoms with van der Waals surface area (Å²) in [5.41, 5.74) is 2.18. The molecule has 4 heteroatoms. The maximum Gasteiger partial charge on any atom is 0.225 e. The fourth-order valence-corrected chi connectivity index (χ4v) is 3.97. The number of hydrogen-bond donors (Lipinski definition) is 1. The molecule has 0 radical (unpaired) electrons. The standard InChI is InChI=1S/C21H28N4/c1-2-7-13-18(12-6-1)22-21-23-19(17-10-4-3-5-11-17)16-20(24-21)25-14-8-9-15-25/h3-5,10-11,16,18H,1-2,6-9,12-15H2,(H,22,23,24). The second kappa shape index (κ2) is 7.85. The van der Waals surface area contributed by atoms with E-state index >= 15 is 0 Å². The molecule has 1 N–H and O–H groups in total. The van der Waals surface area contributed by atoms with Crippen molar-refractivity contribution in [3.63, 3.8) is 0 Å². The van der Waals surface area contributed by atoms with E-state index in [2.05, 4.69) is 46.6 Å². The third kappa shape index (κ3) is 4.12. The van der Waals surface area contributed by atoms with Crippen LogP contribution in [-0.4, -0.2) is 29.1 Å². The van der Waals surface area contributed by atoms with Crippen LogP contribution in [-0.2, 0) is 0 Å². The summed E-state index contributed by atoms with van der Waals surface area (Å²) in [4.78, 5) is 12.1. The minimum Gasteiger partial charge on any atom is -0.356 e. The number of rotatable bonds is 4. The van der Waals surface area contributed by atoms with Crippen LogP contribution in [0.3, 0.4) is 0 Å². The highest BCUT2D eigenvalue weighted by molar-refractivity contribution is 5.65. The van der Waals surface area contributed by atoms with Crippen LogP contribution in [0.15, 0.2) is 36.4 Å². The molecule has 0 bridgehead atoms. The normalized spacial score (nSPS) is 19.0. The van der Waals surface area contributed by atoms with Crippen molar-refractivity contribution in [1.29, 1.82) is 0 Å². The summed E-state index contributed by atoms with van der Waals surface area (Å²) < 4.78 is 0. The summed E-state index contributed by atoms with van der Waals surface area (Å²) in [6.45, 7) is 2.21. The molecule has 0 unspecified atom stereocenters. The lowest BCUT2D eigenvalue weighted by Gasteiger charge is -2.21. The summed E-state index contributed by atoms with van der Waals surface area (Å²) in [5.74, 6) is 1.87. The van der Waals surface area contributed by atoms with Gasteiger partial charge in [0.2, 0.25) is 5.95 Å².